The molecule has 3 rings (SSSR count). The van der Waals surface area contributed by atoms with Crippen LogP contribution in [0.2, 0.25) is 0 Å². The summed E-state index contributed by atoms with van der Waals surface area (Å²) in [7, 11) is 2.62. The first-order valence-corrected chi connectivity index (χ1v) is 10.0. The van der Waals surface area contributed by atoms with Gasteiger partial charge in [-0.15, -0.1) is 0 Å². The molecule has 0 amide bonds. The standard InChI is InChI=1S/C24H26O8/c1-10(2)7-8-13-12(4)14-15-16(18(13)26)22(28)24(30,9-11(3)25)23(29)17(15)19(27)21(32-6)20(14)31-5/h7,26-27,30H,8-9H2,1-6H3. The Hall–Kier alpha value is -3.39. The Bertz CT molecular complexity index is 1220. The SMILES string of the molecule is COc1c(O)c2c3c(c(O)c(CC=C(C)C)c(C)c3c1OC)C(=O)C(O)(CC(C)=O)C2=O. The second-order valence-corrected chi connectivity index (χ2v) is 8.25. The topological polar surface area (TPSA) is 130 Å². The zero-order chi connectivity index (χ0) is 24.1. The van der Waals surface area contributed by atoms with Crippen LogP contribution in [0.25, 0.3) is 10.8 Å². The number of Topliss-reactive ketones (excluding diaryl/α,β-unsaturated/α-hetero) is 3. The van der Waals surface area contributed by atoms with Crippen molar-refractivity contribution in [2.45, 2.75) is 46.1 Å². The third-order valence-electron chi connectivity index (χ3n) is 5.82. The summed E-state index contributed by atoms with van der Waals surface area (Å²) in [5, 5.41) is 33.3. The second-order valence-electron chi connectivity index (χ2n) is 8.25. The largest absolute Gasteiger partial charge is 0.507 e. The van der Waals surface area contributed by atoms with Crippen LogP contribution >= 0.6 is 0 Å². The van der Waals surface area contributed by atoms with Gasteiger partial charge in [-0.1, -0.05) is 11.6 Å². The molecule has 8 heteroatoms. The Kier molecular flexibility index (Phi) is 5.78. The van der Waals surface area contributed by atoms with Crippen molar-refractivity contribution in [3.8, 4) is 23.0 Å². The third-order valence-corrected chi connectivity index (χ3v) is 5.82. The summed E-state index contributed by atoms with van der Waals surface area (Å²) in [6.45, 7) is 6.59. The van der Waals surface area contributed by atoms with Gasteiger partial charge >= 0.3 is 0 Å². The molecule has 2 aromatic carbocycles. The summed E-state index contributed by atoms with van der Waals surface area (Å²) >= 11 is 0. The van der Waals surface area contributed by atoms with Crippen LogP contribution in [0.15, 0.2) is 11.6 Å². The Labute approximate surface area is 185 Å². The van der Waals surface area contributed by atoms with Crippen molar-refractivity contribution in [2.75, 3.05) is 14.2 Å². The number of methoxy groups -OCH3 is 2. The quantitative estimate of drug-likeness (QED) is 0.459. The average molecular weight is 442 g/mol. The number of aliphatic hydroxyl groups is 1. The highest BCUT2D eigenvalue weighted by Crippen LogP contribution is 2.54. The molecule has 3 N–H and O–H groups in total. The van der Waals surface area contributed by atoms with E-state index in [-0.39, 0.29) is 28.9 Å². The van der Waals surface area contributed by atoms with Gasteiger partial charge in [-0.3, -0.25) is 14.4 Å². The molecule has 170 valence electrons. The van der Waals surface area contributed by atoms with E-state index < -0.39 is 46.4 Å². The number of ketones is 3. The van der Waals surface area contributed by atoms with Crippen LogP contribution < -0.4 is 9.47 Å². The van der Waals surface area contributed by atoms with Crippen molar-refractivity contribution in [1.29, 1.82) is 0 Å². The molecule has 0 spiro atoms. The molecule has 0 aromatic heterocycles. The Morgan fingerprint density at radius 2 is 1.47 bits per heavy atom. The maximum absolute atomic E-state index is 13.4. The van der Waals surface area contributed by atoms with E-state index in [2.05, 4.69) is 0 Å². The fraction of sp³-hybridized carbons (Fsp3) is 0.375. The summed E-state index contributed by atoms with van der Waals surface area (Å²) in [6.07, 6.45) is 1.32. The number of hydrogen-bond acceptors (Lipinski definition) is 8. The molecule has 0 heterocycles. The van der Waals surface area contributed by atoms with Crippen molar-refractivity contribution < 1.29 is 39.2 Å². The fourth-order valence-corrected chi connectivity index (χ4v) is 4.32. The molecule has 32 heavy (non-hydrogen) atoms. The van der Waals surface area contributed by atoms with Gasteiger partial charge in [-0.2, -0.15) is 0 Å². The normalized spacial score (nSPS) is 17.5. The van der Waals surface area contributed by atoms with E-state index in [1.165, 1.54) is 14.2 Å². The van der Waals surface area contributed by atoms with E-state index in [1.54, 1.807) is 6.92 Å². The number of rotatable bonds is 6. The van der Waals surface area contributed by atoms with Crippen LogP contribution in [0.1, 0.15) is 59.0 Å². The molecular weight excluding hydrogens is 416 g/mol. The summed E-state index contributed by atoms with van der Waals surface area (Å²) < 4.78 is 10.8. The first-order chi connectivity index (χ1) is 14.9. The van der Waals surface area contributed by atoms with E-state index in [0.717, 1.165) is 12.5 Å². The molecular formula is C24H26O8. The van der Waals surface area contributed by atoms with Gasteiger partial charge in [-0.25, -0.2) is 0 Å². The first-order valence-electron chi connectivity index (χ1n) is 10.0. The predicted octanol–water partition coefficient (Wildman–Crippen LogP) is 3.17. The molecule has 0 aliphatic heterocycles. The zero-order valence-electron chi connectivity index (χ0n) is 18.9. The summed E-state index contributed by atoms with van der Waals surface area (Å²) in [4.78, 5) is 38.5. The number of ether oxygens (including phenoxy) is 2. The van der Waals surface area contributed by atoms with Crippen LogP contribution in [0.4, 0.5) is 0 Å². The first kappa shape index (κ1) is 23.3. The Balaban J connectivity index is 2.62. The maximum atomic E-state index is 13.4. The van der Waals surface area contributed by atoms with Gasteiger partial charge in [0.15, 0.2) is 17.1 Å². The van der Waals surface area contributed by atoms with Gasteiger partial charge in [-0.05, 0) is 39.7 Å². The van der Waals surface area contributed by atoms with Crippen molar-refractivity contribution in [3.05, 3.63) is 33.9 Å². The van der Waals surface area contributed by atoms with Crippen molar-refractivity contribution in [2.24, 2.45) is 0 Å². The number of phenols is 2. The van der Waals surface area contributed by atoms with E-state index in [0.29, 0.717) is 16.5 Å². The Morgan fingerprint density at radius 1 is 0.938 bits per heavy atom. The minimum atomic E-state index is -2.76. The van der Waals surface area contributed by atoms with Gasteiger partial charge < -0.3 is 24.8 Å². The molecule has 0 radical (unpaired) electrons. The molecule has 0 bridgehead atoms. The molecule has 0 fully saturated rings. The van der Waals surface area contributed by atoms with Gasteiger partial charge in [0.1, 0.15) is 11.5 Å². The van der Waals surface area contributed by atoms with Gasteiger partial charge in [0.25, 0.3) is 0 Å². The molecule has 1 aliphatic carbocycles. The molecule has 0 saturated heterocycles. The van der Waals surface area contributed by atoms with Crippen molar-refractivity contribution in [1.82, 2.24) is 0 Å². The Morgan fingerprint density at radius 3 is 1.94 bits per heavy atom. The number of carbonyl (C=O) groups excluding carboxylic acids is 3. The molecule has 2 aromatic rings. The number of hydrogen-bond donors (Lipinski definition) is 3. The van der Waals surface area contributed by atoms with E-state index in [9.17, 15) is 29.7 Å². The second kappa shape index (κ2) is 7.94. The minimum Gasteiger partial charge on any atom is -0.507 e. The van der Waals surface area contributed by atoms with Crippen LogP contribution in [0, 0.1) is 6.92 Å². The summed E-state index contributed by atoms with van der Waals surface area (Å²) in [5.74, 6) is -3.98. The number of aryl methyl sites for hydroxylation is 1. The summed E-state index contributed by atoms with van der Waals surface area (Å²) in [6, 6.07) is 0. The summed E-state index contributed by atoms with van der Waals surface area (Å²) in [5.41, 5.74) is -1.61. The number of allylic oxidation sites excluding steroid dienone is 2. The minimum absolute atomic E-state index is 0.0423. The van der Waals surface area contributed by atoms with Gasteiger partial charge in [0, 0.05) is 22.8 Å². The smallest absolute Gasteiger partial charge is 0.207 e. The monoisotopic (exact) mass is 442 g/mol. The number of carbonyl (C=O) groups is 3. The van der Waals surface area contributed by atoms with Crippen LogP contribution in [0.3, 0.4) is 0 Å². The van der Waals surface area contributed by atoms with E-state index in [4.69, 9.17) is 9.47 Å². The lowest BCUT2D eigenvalue weighted by Crippen LogP contribution is -2.50. The van der Waals surface area contributed by atoms with E-state index >= 15 is 0 Å². The maximum Gasteiger partial charge on any atom is 0.207 e. The molecule has 1 atom stereocenters. The lowest BCUT2D eigenvalue weighted by atomic mass is 9.72. The molecule has 8 nitrogen and oxygen atoms in total. The van der Waals surface area contributed by atoms with Crippen LogP contribution in [-0.2, 0) is 11.2 Å². The van der Waals surface area contributed by atoms with Gasteiger partial charge in [0.05, 0.1) is 25.3 Å². The molecule has 1 unspecified atom stereocenters. The van der Waals surface area contributed by atoms with Crippen molar-refractivity contribution in [3.63, 3.8) is 0 Å². The highest BCUT2D eigenvalue weighted by molar-refractivity contribution is 6.37. The van der Waals surface area contributed by atoms with E-state index in [1.807, 2.05) is 19.9 Å². The zero-order valence-corrected chi connectivity index (χ0v) is 18.9. The van der Waals surface area contributed by atoms with Crippen LogP contribution in [-0.4, -0.2) is 52.5 Å². The lowest BCUT2D eigenvalue weighted by molar-refractivity contribution is -0.119. The third kappa shape index (κ3) is 3.14. The number of aromatic hydroxyl groups is 2. The average Bonchev–Trinajstić information content (AvgIpc) is 2.70. The number of benzene rings is 2. The fourth-order valence-electron chi connectivity index (χ4n) is 4.32. The highest BCUT2D eigenvalue weighted by atomic mass is 16.5. The lowest BCUT2D eigenvalue weighted by Gasteiger charge is -2.33. The van der Waals surface area contributed by atoms with Crippen molar-refractivity contribution >= 4 is 28.1 Å². The predicted molar refractivity (Wildman–Crippen MR) is 117 cm³/mol. The van der Waals surface area contributed by atoms with Crippen LogP contribution in [0.5, 0.6) is 23.0 Å². The highest BCUT2D eigenvalue weighted by Gasteiger charge is 2.53. The molecule has 0 saturated carbocycles. The van der Waals surface area contributed by atoms with Gasteiger partial charge in [0.2, 0.25) is 17.3 Å². The molecule has 1 aliphatic rings. The number of phenolic OH excluding ortho intramolecular Hbond substituents is 2.